The lowest BCUT2D eigenvalue weighted by atomic mass is 9.85. The van der Waals surface area contributed by atoms with Gasteiger partial charge in [-0.1, -0.05) is 30.3 Å². The molecule has 0 bridgehead atoms. The summed E-state index contributed by atoms with van der Waals surface area (Å²) < 4.78 is 1.84. The molecule has 3 aromatic rings. The summed E-state index contributed by atoms with van der Waals surface area (Å²) in [5.41, 5.74) is 5.28. The molecule has 4 rings (SSSR count). The number of aryl methyl sites for hydroxylation is 1. The second kappa shape index (κ2) is 6.33. The highest BCUT2D eigenvalue weighted by Gasteiger charge is 2.32. The number of nitrogens with one attached hydrogen (secondary N) is 1. The van der Waals surface area contributed by atoms with Crippen LogP contribution in [0.2, 0.25) is 0 Å². The number of hydrogen-bond acceptors (Lipinski definition) is 3. The molecule has 1 aliphatic rings. The van der Waals surface area contributed by atoms with Gasteiger partial charge in [0.25, 0.3) is 0 Å². The van der Waals surface area contributed by atoms with Gasteiger partial charge in [0.2, 0.25) is 5.91 Å². The Morgan fingerprint density at radius 2 is 1.77 bits per heavy atom. The van der Waals surface area contributed by atoms with Crippen LogP contribution in [-0.4, -0.2) is 29.8 Å². The molecule has 0 spiro atoms. The average molecular weight is 346 g/mol. The van der Waals surface area contributed by atoms with E-state index in [1.165, 1.54) is 0 Å². The zero-order valence-electron chi connectivity index (χ0n) is 15.2. The maximum atomic E-state index is 12.4. The van der Waals surface area contributed by atoms with E-state index in [2.05, 4.69) is 34.5 Å². The highest BCUT2D eigenvalue weighted by Crippen LogP contribution is 2.40. The van der Waals surface area contributed by atoms with Crippen molar-refractivity contribution in [3.05, 3.63) is 71.4 Å². The minimum Gasteiger partial charge on any atom is -0.378 e. The Bertz CT molecular complexity index is 942. The van der Waals surface area contributed by atoms with E-state index in [9.17, 15) is 4.79 Å². The number of hydrogen-bond donors (Lipinski definition) is 1. The van der Waals surface area contributed by atoms with Crippen molar-refractivity contribution in [1.29, 1.82) is 0 Å². The number of nitrogens with zero attached hydrogens (tertiary/aromatic N) is 3. The fourth-order valence-electron chi connectivity index (χ4n) is 3.59. The van der Waals surface area contributed by atoms with Crippen molar-refractivity contribution >= 4 is 17.4 Å². The van der Waals surface area contributed by atoms with Crippen LogP contribution < -0.4 is 10.2 Å². The third kappa shape index (κ3) is 2.75. The second-order valence-corrected chi connectivity index (χ2v) is 6.89. The van der Waals surface area contributed by atoms with Crippen LogP contribution in [0, 0.1) is 6.92 Å². The van der Waals surface area contributed by atoms with Crippen LogP contribution in [-0.2, 0) is 4.79 Å². The van der Waals surface area contributed by atoms with Gasteiger partial charge in [-0.3, -0.25) is 4.79 Å². The van der Waals surface area contributed by atoms with Crippen molar-refractivity contribution < 1.29 is 4.79 Å². The summed E-state index contributed by atoms with van der Waals surface area (Å²) >= 11 is 0. The van der Waals surface area contributed by atoms with Gasteiger partial charge in [0.15, 0.2) is 0 Å². The molecule has 5 nitrogen and oxygen atoms in total. The van der Waals surface area contributed by atoms with Gasteiger partial charge in [-0.25, -0.2) is 4.68 Å². The molecule has 1 N–H and O–H groups in total. The van der Waals surface area contributed by atoms with Crippen molar-refractivity contribution in [3.8, 4) is 5.69 Å². The van der Waals surface area contributed by atoms with Gasteiger partial charge in [0.1, 0.15) is 5.82 Å². The third-order valence-corrected chi connectivity index (χ3v) is 4.92. The molecule has 0 radical (unpaired) electrons. The van der Waals surface area contributed by atoms with Gasteiger partial charge < -0.3 is 10.2 Å². The molecule has 26 heavy (non-hydrogen) atoms. The standard InChI is InChI=1S/C21H22N4O/c1-14-20-18(15-9-11-16(12-10-15)24(2)3)13-19(26)22-21(20)25(23-14)17-7-5-4-6-8-17/h4-12,18H,13H2,1-3H3,(H,22,26). The summed E-state index contributed by atoms with van der Waals surface area (Å²) in [6.07, 6.45) is 0.440. The van der Waals surface area contributed by atoms with E-state index in [0.717, 1.165) is 34.0 Å². The first kappa shape index (κ1) is 16.4. The van der Waals surface area contributed by atoms with E-state index in [-0.39, 0.29) is 11.8 Å². The Kier molecular flexibility index (Phi) is 3.99. The molecule has 0 aliphatic carbocycles. The number of fused-ring (bicyclic) bond motifs is 1. The molecule has 132 valence electrons. The van der Waals surface area contributed by atoms with E-state index in [1.54, 1.807) is 0 Å². The van der Waals surface area contributed by atoms with Gasteiger partial charge >= 0.3 is 0 Å². The first-order chi connectivity index (χ1) is 12.5. The summed E-state index contributed by atoms with van der Waals surface area (Å²) in [5.74, 6) is 0.829. The molecule has 0 saturated carbocycles. The van der Waals surface area contributed by atoms with Crippen LogP contribution in [0.25, 0.3) is 5.69 Å². The van der Waals surface area contributed by atoms with E-state index >= 15 is 0 Å². The Labute approximate surface area is 153 Å². The fourth-order valence-corrected chi connectivity index (χ4v) is 3.59. The molecule has 1 unspecified atom stereocenters. The van der Waals surface area contributed by atoms with Gasteiger partial charge in [-0.2, -0.15) is 5.10 Å². The zero-order chi connectivity index (χ0) is 18.3. The number of rotatable bonds is 3. The molecular weight excluding hydrogens is 324 g/mol. The number of para-hydroxylation sites is 1. The Hall–Kier alpha value is -3.08. The summed E-state index contributed by atoms with van der Waals surface area (Å²) in [5, 5.41) is 7.74. The van der Waals surface area contributed by atoms with Crippen molar-refractivity contribution in [2.45, 2.75) is 19.3 Å². The number of benzene rings is 2. The fraction of sp³-hybridized carbons (Fsp3) is 0.238. The van der Waals surface area contributed by atoms with Crippen molar-refractivity contribution in [3.63, 3.8) is 0 Å². The number of anilines is 2. The maximum Gasteiger partial charge on any atom is 0.226 e. The monoisotopic (exact) mass is 346 g/mol. The highest BCUT2D eigenvalue weighted by atomic mass is 16.1. The largest absolute Gasteiger partial charge is 0.378 e. The normalized spacial score (nSPS) is 16.1. The van der Waals surface area contributed by atoms with Crippen molar-refractivity contribution in [2.24, 2.45) is 0 Å². The topological polar surface area (TPSA) is 50.2 Å². The quantitative estimate of drug-likeness (QED) is 0.786. The van der Waals surface area contributed by atoms with Crippen LogP contribution >= 0.6 is 0 Å². The summed E-state index contributed by atoms with van der Waals surface area (Å²) in [6, 6.07) is 18.3. The van der Waals surface area contributed by atoms with E-state index in [0.29, 0.717) is 6.42 Å². The predicted molar refractivity (Wildman–Crippen MR) is 104 cm³/mol. The third-order valence-electron chi connectivity index (χ3n) is 4.92. The summed E-state index contributed by atoms with van der Waals surface area (Å²) in [7, 11) is 4.05. The molecule has 5 heteroatoms. The van der Waals surface area contributed by atoms with E-state index in [4.69, 9.17) is 5.10 Å². The molecule has 2 aromatic carbocycles. The van der Waals surface area contributed by atoms with Gasteiger partial charge in [0.05, 0.1) is 11.4 Å². The SMILES string of the molecule is Cc1nn(-c2ccccc2)c2c1C(c1ccc(N(C)C)cc1)CC(=O)N2. The number of carbonyl (C=O) groups is 1. The predicted octanol–water partition coefficient (Wildman–Crippen LogP) is 3.72. The smallest absolute Gasteiger partial charge is 0.226 e. The van der Waals surface area contributed by atoms with Crippen LogP contribution in [0.4, 0.5) is 11.5 Å². The number of carbonyl (C=O) groups excluding carboxylic acids is 1. The van der Waals surface area contributed by atoms with Crippen LogP contribution in [0.1, 0.15) is 29.2 Å². The van der Waals surface area contributed by atoms with Gasteiger partial charge in [-0.15, -0.1) is 0 Å². The van der Waals surface area contributed by atoms with Crippen molar-refractivity contribution in [2.75, 3.05) is 24.3 Å². The number of aromatic nitrogens is 2. The minimum absolute atomic E-state index is 0.0208. The van der Waals surface area contributed by atoms with Crippen LogP contribution in [0.3, 0.4) is 0 Å². The number of amides is 1. The average Bonchev–Trinajstić information content (AvgIpc) is 2.98. The van der Waals surface area contributed by atoms with Crippen LogP contribution in [0.15, 0.2) is 54.6 Å². The molecule has 1 aliphatic heterocycles. The molecule has 2 heterocycles. The Morgan fingerprint density at radius 3 is 2.42 bits per heavy atom. The van der Waals surface area contributed by atoms with E-state index < -0.39 is 0 Å². The lowest BCUT2D eigenvalue weighted by Crippen LogP contribution is -2.25. The minimum atomic E-state index is 0.0208. The second-order valence-electron chi connectivity index (χ2n) is 6.89. The highest BCUT2D eigenvalue weighted by molar-refractivity contribution is 5.95. The molecule has 1 atom stereocenters. The van der Waals surface area contributed by atoms with E-state index in [1.807, 2.05) is 56.0 Å². The molecule has 0 fully saturated rings. The van der Waals surface area contributed by atoms with Crippen LogP contribution in [0.5, 0.6) is 0 Å². The van der Waals surface area contributed by atoms with Crippen molar-refractivity contribution in [1.82, 2.24) is 9.78 Å². The van der Waals surface area contributed by atoms with Gasteiger partial charge in [-0.05, 0) is 36.8 Å². The Morgan fingerprint density at radius 1 is 1.08 bits per heavy atom. The summed E-state index contributed by atoms with van der Waals surface area (Å²) in [6.45, 7) is 2.01. The zero-order valence-corrected chi connectivity index (χ0v) is 15.2. The maximum absolute atomic E-state index is 12.4. The first-order valence-corrected chi connectivity index (χ1v) is 8.76. The molecule has 0 saturated heterocycles. The summed E-state index contributed by atoms with van der Waals surface area (Å²) in [4.78, 5) is 14.5. The first-order valence-electron chi connectivity index (χ1n) is 8.76. The lowest BCUT2D eigenvalue weighted by Gasteiger charge is -2.25. The lowest BCUT2D eigenvalue weighted by molar-refractivity contribution is -0.116. The Balaban J connectivity index is 1.81. The molecule has 1 aromatic heterocycles. The van der Waals surface area contributed by atoms with Gasteiger partial charge in [0, 0.05) is 37.7 Å². The molecule has 1 amide bonds. The molecular formula is C21H22N4O.